The van der Waals surface area contributed by atoms with Gasteiger partial charge in [0.05, 0.1) is 38.2 Å². The number of nitrogens with two attached hydrogens (primary N) is 1. The van der Waals surface area contributed by atoms with Crippen LogP contribution in [0, 0.1) is 5.92 Å². The molecular weight excluding hydrogens is 512 g/mol. The molecule has 2 heterocycles. The predicted octanol–water partition coefficient (Wildman–Crippen LogP) is 0.968. The number of allylic oxidation sites excluding steroid dienone is 2. The molecule has 0 saturated carbocycles. The number of aliphatic imine (C=N–C) groups is 1. The molecule has 11 heteroatoms. The Hall–Kier alpha value is -3.28. The van der Waals surface area contributed by atoms with Gasteiger partial charge in [-0.1, -0.05) is 42.5 Å². The summed E-state index contributed by atoms with van der Waals surface area (Å²) in [6.07, 6.45) is 8.33. The number of nitrogens with zero attached hydrogens (tertiary/aromatic N) is 3. The zero-order valence-corrected chi connectivity index (χ0v) is 23.5. The maximum absolute atomic E-state index is 13.6. The van der Waals surface area contributed by atoms with E-state index in [0.717, 1.165) is 24.8 Å². The van der Waals surface area contributed by atoms with E-state index in [4.69, 9.17) is 15.2 Å². The van der Waals surface area contributed by atoms with E-state index in [1.165, 1.54) is 0 Å². The zero-order valence-electron chi connectivity index (χ0n) is 23.5. The molecular formula is C29H42N6O5. The second-order valence-corrected chi connectivity index (χ2v) is 11.2. The summed E-state index contributed by atoms with van der Waals surface area (Å²) in [5.41, 5.74) is 5.66. The second-order valence-electron chi connectivity index (χ2n) is 11.2. The Morgan fingerprint density at radius 2 is 1.93 bits per heavy atom. The van der Waals surface area contributed by atoms with Crippen molar-refractivity contribution in [3.8, 4) is 0 Å². The fourth-order valence-corrected chi connectivity index (χ4v) is 4.94. The molecule has 218 valence electrons. The van der Waals surface area contributed by atoms with Crippen molar-refractivity contribution < 1.29 is 23.9 Å². The van der Waals surface area contributed by atoms with E-state index in [9.17, 15) is 14.4 Å². The summed E-state index contributed by atoms with van der Waals surface area (Å²) in [6.45, 7) is 6.08. The molecule has 11 nitrogen and oxygen atoms in total. The van der Waals surface area contributed by atoms with Gasteiger partial charge < -0.3 is 35.6 Å². The van der Waals surface area contributed by atoms with Crippen LogP contribution in [0.25, 0.3) is 0 Å². The lowest BCUT2D eigenvalue weighted by atomic mass is 9.95. The molecule has 0 spiro atoms. The molecule has 2 aliphatic heterocycles. The summed E-state index contributed by atoms with van der Waals surface area (Å²) >= 11 is 0. The van der Waals surface area contributed by atoms with E-state index in [2.05, 4.69) is 27.8 Å². The molecule has 1 fully saturated rings. The third-order valence-corrected chi connectivity index (χ3v) is 7.31. The zero-order chi connectivity index (χ0) is 28.5. The van der Waals surface area contributed by atoms with Crippen LogP contribution < -0.4 is 16.4 Å². The van der Waals surface area contributed by atoms with Crippen molar-refractivity contribution in [2.75, 3.05) is 46.1 Å². The highest BCUT2D eigenvalue weighted by atomic mass is 16.5. The minimum absolute atomic E-state index is 0.0240. The number of carbonyl (C=O) groups excluding carboxylic acids is 3. The van der Waals surface area contributed by atoms with Gasteiger partial charge in [0, 0.05) is 19.7 Å². The van der Waals surface area contributed by atoms with Gasteiger partial charge >= 0.3 is 0 Å². The SMILES string of the molecule is CC(C)(N)C(=O)N[C@H](COC[C@@H]1CC=CCC1)C(=O)NC1CN(C(C(=O)N2CCOCC2)c2ccccc2)C=N1. The fraction of sp³-hybridized carbons (Fsp3) is 0.586. The highest BCUT2D eigenvalue weighted by Crippen LogP contribution is 2.25. The number of hydrogen-bond acceptors (Lipinski definition) is 8. The van der Waals surface area contributed by atoms with Gasteiger partial charge in [0.15, 0.2) is 0 Å². The summed E-state index contributed by atoms with van der Waals surface area (Å²) in [7, 11) is 0. The average molecular weight is 555 g/mol. The number of rotatable bonds is 11. The topological polar surface area (TPSA) is 139 Å². The minimum atomic E-state index is -1.15. The smallest absolute Gasteiger partial charge is 0.250 e. The van der Waals surface area contributed by atoms with E-state index in [1.54, 1.807) is 25.1 Å². The van der Waals surface area contributed by atoms with Gasteiger partial charge in [-0.3, -0.25) is 14.4 Å². The molecule has 4 rings (SSSR count). The molecule has 1 aromatic rings. The quantitative estimate of drug-likeness (QED) is 0.347. The standard InChI is InChI=1S/C29H42N6O5/c1-29(2,30)28(38)32-23(19-40-18-21-9-5-3-6-10-21)26(36)33-24-17-35(20-31-24)25(22-11-7-4-8-12-22)27(37)34-13-15-39-16-14-34/h3-5,7-8,11-12,20-21,23-25H,6,9-10,13-19,30H2,1-2H3,(H,32,38)(H,33,36)/t21-,23-,24?,25?/m1/s1. The van der Waals surface area contributed by atoms with Crippen LogP contribution in [0.4, 0.5) is 0 Å². The van der Waals surface area contributed by atoms with Crippen molar-refractivity contribution in [2.45, 2.75) is 56.9 Å². The van der Waals surface area contributed by atoms with E-state index in [-0.39, 0.29) is 12.5 Å². The molecule has 3 aliphatic rings. The van der Waals surface area contributed by atoms with Gasteiger partial charge in [-0.25, -0.2) is 4.99 Å². The molecule has 0 bridgehead atoms. The molecule has 40 heavy (non-hydrogen) atoms. The van der Waals surface area contributed by atoms with Gasteiger partial charge in [0.2, 0.25) is 17.7 Å². The molecule has 4 atom stereocenters. The van der Waals surface area contributed by atoms with Gasteiger partial charge in [0.1, 0.15) is 18.2 Å². The lowest BCUT2D eigenvalue weighted by Crippen LogP contribution is -2.58. The van der Waals surface area contributed by atoms with E-state index in [0.29, 0.717) is 45.4 Å². The fourth-order valence-electron chi connectivity index (χ4n) is 4.94. The van der Waals surface area contributed by atoms with E-state index < -0.39 is 35.6 Å². The average Bonchev–Trinajstić information content (AvgIpc) is 3.41. The van der Waals surface area contributed by atoms with Crippen LogP contribution in [-0.4, -0.2) is 97.7 Å². The lowest BCUT2D eigenvalue weighted by molar-refractivity contribution is -0.139. The summed E-state index contributed by atoms with van der Waals surface area (Å²) in [6, 6.07) is 8.04. The number of benzene rings is 1. The van der Waals surface area contributed by atoms with E-state index in [1.807, 2.05) is 35.2 Å². The predicted molar refractivity (Wildman–Crippen MR) is 151 cm³/mol. The molecule has 4 N–H and O–H groups in total. The number of morpholine rings is 1. The summed E-state index contributed by atoms with van der Waals surface area (Å²) < 4.78 is 11.3. The highest BCUT2D eigenvalue weighted by molar-refractivity contribution is 5.92. The summed E-state index contributed by atoms with van der Waals surface area (Å²) in [5, 5.41) is 5.65. The van der Waals surface area contributed by atoms with Crippen LogP contribution in [0.3, 0.4) is 0 Å². The van der Waals surface area contributed by atoms with Crippen LogP contribution in [0.2, 0.25) is 0 Å². The van der Waals surface area contributed by atoms with Gasteiger partial charge in [0.25, 0.3) is 0 Å². The summed E-state index contributed by atoms with van der Waals surface area (Å²) in [5.74, 6) is -0.508. The van der Waals surface area contributed by atoms with Crippen molar-refractivity contribution in [1.29, 1.82) is 0 Å². The molecule has 2 unspecified atom stereocenters. The van der Waals surface area contributed by atoms with Crippen LogP contribution in [0.1, 0.15) is 44.7 Å². The number of carbonyl (C=O) groups is 3. The maximum atomic E-state index is 13.6. The Kier molecular flexibility index (Phi) is 10.3. The Morgan fingerprint density at radius 1 is 1.18 bits per heavy atom. The normalized spacial score (nSPS) is 22.6. The molecule has 0 aromatic heterocycles. The van der Waals surface area contributed by atoms with Crippen molar-refractivity contribution in [3.05, 3.63) is 48.0 Å². The van der Waals surface area contributed by atoms with Crippen LogP contribution in [-0.2, 0) is 23.9 Å². The third kappa shape index (κ3) is 8.12. The molecule has 1 aliphatic carbocycles. The van der Waals surface area contributed by atoms with Crippen molar-refractivity contribution >= 4 is 24.1 Å². The van der Waals surface area contributed by atoms with Crippen molar-refractivity contribution in [2.24, 2.45) is 16.6 Å². The second kappa shape index (κ2) is 13.9. The lowest BCUT2D eigenvalue weighted by Gasteiger charge is -2.34. The molecule has 1 saturated heterocycles. The number of nitrogens with one attached hydrogen (secondary N) is 2. The molecule has 0 radical (unpaired) electrons. The monoisotopic (exact) mass is 554 g/mol. The molecule has 3 amide bonds. The number of hydrogen-bond donors (Lipinski definition) is 3. The minimum Gasteiger partial charge on any atom is -0.378 e. The Balaban J connectivity index is 1.39. The third-order valence-electron chi connectivity index (χ3n) is 7.31. The van der Waals surface area contributed by atoms with Gasteiger partial charge in [-0.2, -0.15) is 0 Å². The Bertz CT molecular complexity index is 1070. The Morgan fingerprint density at radius 3 is 2.60 bits per heavy atom. The van der Waals surface area contributed by atoms with Crippen LogP contribution in [0.15, 0.2) is 47.5 Å². The molecule has 1 aromatic carbocycles. The summed E-state index contributed by atoms with van der Waals surface area (Å²) in [4.78, 5) is 47.7. The first-order chi connectivity index (χ1) is 19.2. The first-order valence-corrected chi connectivity index (χ1v) is 14.1. The van der Waals surface area contributed by atoms with Crippen molar-refractivity contribution in [3.63, 3.8) is 0 Å². The maximum Gasteiger partial charge on any atom is 0.250 e. The first kappa shape index (κ1) is 29.7. The van der Waals surface area contributed by atoms with Gasteiger partial charge in [-0.15, -0.1) is 0 Å². The highest BCUT2D eigenvalue weighted by Gasteiger charge is 2.36. The number of ether oxygens (including phenoxy) is 2. The Labute approximate surface area is 236 Å². The number of amides is 3. The van der Waals surface area contributed by atoms with E-state index >= 15 is 0 Å². The van der Waals surface area contributed by atoms with Gasteiger partial charge in [-0.05, 0) is 44.6 Å². The largest absolute Gasteiger partial charge is 0.378 e. The van der Waals surface area contributed by atoms with Crippen LogP contribution >= 0.6 is 0 Å². The first-order valence-electron chi connectivity index (χ1n) is 14.1. The van der Waals surface area contributed by atoms with Crippen LogP contribution in [0.5, 0.6) is 0 Å². The van der Waals surface area contributed by atoms with Crippen molar-refractivity contribution in [1.82, 2.24) is 20.4 Å².